The quantitative estimate of drug-likeness (QED) is 0.582. The van der Waals surface area contributed by atoms with Crippen molar-refractivity contribution in [3.05, 3.63) is 46.6 Å². The van der Waals surface area contributed by atoms with Crippen LogP contribution in [0.4, 0.5) is 4.39 Å². The van der Waals surface area contributed by atoms with Gasteiger partial charge >= 0.3 is 0 Å². The number of ether oxygens (including phenoxy) is 1. The molecule has 0 bridgehead atoms. The first-order valence-electron chi connectivity index (χ1n) is 8.82. The number of rotatable bonds is 6. The molecule has 0 aliphatic rings. The summed E-state index contributed by atoms with van der Waals surface area (Å²) in [6.45, 7) is 6.50. The lowest BCUT2D eigenvalue weighted by molar-refractivity contribution is 0.153. The van der Waals surface area contributed by atoms with Crippen LogP contribution in [0, 0.1) is 12.7 Å². The molecule has 0 aliphatic carbocycles. The number of fused-ring (bicyclic) bond motifs is 1. The average Bonchev–Trinajstić information content (AvgIpc) is 3.01. The number of benzene rings is 1. The van der Waals surface area contributed by atoms with E-state index in [0.29, 0.717) is 28.5 Å². The van der Waals surface area contributed by atoms with Crippen LogP contribution in [0.2, 0.25) is 5.02 Å². The van der Waals surface area contributed by atoms with E-state index < -0.39 is 0 Å². The Hall–Kier alpha value is -1.98. The van der Waals surface area contributed by atoms with Gasteiger partial charge in [-0.2, -0.15) is 0 Å². The van der Waals surface area contributed by atoms with E-state index in [-0.39, 0.29) is 11.9 Å². The lowest BCUT2D eigenvalue weighted by Crippen LogP contribution is -2.16. The minimum absolute atomic E-state index is 0.181. The second kappa shape index (κ2) is 7.72. The van der Waals surface area contributed by atoms with E-state index in [1.165, 1.54) is 6.07 Å². The third kappa shape index (κ3) is 3.21. The molecule has 0 aliphatic heterocycles. The largest absolute Gasteiger partial charge is 0.383 e. The predicted molar refractivity (Wildman–Crippen MR) is 103 cm³/mol. The Balaban J connectivity index is 2.27. The van der Waals surface area contributed by atoms with Crippen molar-refractivity contribution in [3.63, 3.8) is 0 Å². The number of methoxy groups -OCH3 is 1. The van der Waals surface area contributed by atoms with Gasteiger partial charge in [-0.05, 0) is 37.1 Å². The van der Waals surface area contributed by atoms with Crippen LogP contribution in [0.5, 0.6) is 0 Å². The Bertz CT molecular complexity index is 938. The van der Waals surface area contributed by atoms with Gasteiger partial charge in [-0.25, -0.2) is 9.37 Å². The van der Waals surface area contributed by atoms with Crippen molar-refractivity contribution in [1.82, 2.24) is 14.5 Å². The summed E-state index contributed by atoms with van der Waals surface area (Å²) in [6, 6.07) is 5.20. The van der Waals surface area contributed by atoms with Crippen LogP contribution in [-0.2, 0) is 11.2 Å². The molecule has 2 aromatic heterocycles. The number of aromatic nitrogens is 3. The second-order valence-electron chi connectivity index (χ2n) is 6.38. The molecule has 0 amide bonds. The molecule has 1 unspecified atom stereocenters. The van der Waals surface area contributed by atoms with Crippen molar-refractivity contribution in [2.75, 3.05) is 13.7 Å². The Morgan fingerprint density at radius 1 is 1.31 bits per heavy atom. The Morgan fingerprint density at radius 2 is 2.08 bits per heavy atom. The first-order chi connectivity index (χ1) is 12.5. The van der Waals surface area contributed by atoms with Gasteiger partial charge in [0.1, 0.15) is 17.2 Å². The first kappa shape index (κ1) is 18.8. The summed E-state index contributed by atoms with van der Waals surface area (Å²) in [5.41, 5.74) is 3.38. The molecule has 0 fully saturated rings. The van der Waals surface area contributed by atoms with Crippen molar-refractivity contribution in [1.29, 1.82) is 0 Å². The molecule has 6 heteroatoms. The molecule has 2 heterocycles. The molecule has 0 saturated heterocycles. The summed E-state index contributed by atoms with van der Waals surface area (Å²) in [6.07, 6.45) is 3.43. The molecular weight excluding hydrogens is 353 g/mol. The summed E-state index contributed by atoms with van der Waals surface area (Å²) < 4.78 is 21.8. The van der Waals surface area contributed by atoms with E-state index in [2.05, 4.69) is 23.4 Å². The Labute approximate surface area is 158 Å². The molecule has 3 aromatic rings. The third-order valence-corrected chi connectivity index (χ3v) is 5.01. The molecule has 3 rings (SSSR count). The number of imidazole rings is 1. The van der Waals surface area contributed by atoms with Gasteiger partial charge in [0.05, 0.1) is 28.9 Å². The van der Waals surface area contributed by atoms with Gasteiger partial charge in [0.15, 0.2) is 0 Å². The third-order valence-electron chi connectivity index (χ3n) is 4.70. The van der Waals surface area contributed by atoms with Crippen LogP contribution < -0.4 is 0 Å². The highest BCUT2D eigenvalue weighted by Crippen LogP contribution is 2.34. The van der Waals surface area contributed by atoms with Crippen LogP contribution in [0.25, 0.3) is 22.3 Å². The van der Waals surface area contributed by atoms with Gasteiger partial charge in [-0.1, -0.05) is 25.4 Å². The fraction of sp³-hybridized carbons (Fsp3) is 0.400. The van der Waals surface area contributed by atoms with Gasteiger partial charge < -0.3 is 9.30 Å². The van der Waals surface area contributed by atoms with Crippen LogP contribution in [-0.4, -0.2) is 28.3 Å². The zero-order chi connectivity index (χ0) is 18.8. The monoisotopic (exact) mass is 375 g/mol. The molecule has 1 aromatic carbocycles. The Morgan fingerprint density at radius 3 is 2.73 bits per heavy atom. The van der Waals surface area contributed by atoms with Crippen LogP contribution in [0.15, 0.2) is 24.4 Å². The number of halogens is 2. The van der Waals surface area contributed by atoms with Gasteiger partial charge in [-0.3, -0.25) is 4.98 Å². The van der Waals surface area contributed by atoms with Crippen LogP contribution >= 0.6 is 11.6 Å². The maximum Gasteiger partial charge on any atom is 0.126 e. The van der Waals surface area contributed by atoms with Crippen molar-refractivity contribution in [3.8, 4) is 11.3 Å². The maximum absolute atomic E-state index is 14.2. The highest BCUT2D eigenvalue weighted by Gasteiger charge is 2.21. The molecule has 138 valence electrons. The van der Waals surface area contributed by atoms with Crippen molar-refractivity contribution in [2.24, 2.45) is 0 Å². The summed E-state index contributed by atoms with van der Waals surface area (Å²) in [5.74, 6) is 0.658. The highest BCUT2D eigenvalue weighted by atomic mass is 35.5. The van der Waals surface area contributed by atoms with Crippen molar-refractivity contribution < 1.29 is 9.13 Å². The number of hydrogen-bond acceptors (Lipinski definition) is 3. The highest BCUT2D eigenvalue weighted by molar-refractivity contribution is 6.33. The summed E-state index contributed by atoms with van der Waals surface area (Å²) in [4.78, 5) is 9.29. The zero-order valence-corrected chi connectivity index (χ0v) is 16.3. The summed E-state index contributed by atoms with van der Waals surface area (Å²) >= 11 is 6.40. The van der Waals surface area contributed by atoms with E-state index in [9.17, 15) is 4.39 Å². The molecule has 0 N–H and O–H groups in total. The molecule has 0 spiro atoms. The van der Waals surface area contributed by atoms with Gasteiger partial charge in [-0.15, -0.1) is 0 Å². The Kier molecular flexibility index (Phi) is 5.58. The summed E-state index contributed by atoms with van der Waals surface area (Å²) in [7, 11) is 1.70. The minimum atomic E-state index is -0.302. The molecule has 26 heavy (non-hydrogen) atoms. The number of hydrogen-bond donors (Lipinski definition) is 0. The fourth-order valence-electron chi connectivity index (χ4n) is 3.32. The lowest BCUT2D eigenvalue weighted by Gasteiger charge is -2.19. The molecular formula is C20H23ClFN3O. The second-order valence-corrected chi connectivity index (χ2v) is 6.78. The van der Waals surface area contributed by atoms with Gasteiger partial charge in [0.25, 0.3) is 0 Å². The fourth-order valence-corrected chi connectivity index (χ4v) is 3.63. The topological polar surface area (TPSA) is 39.9 Å². The minimum Gasteiger partial charge on any atom is -0.383 e. The molecule has 0 radical (unpaired) electrons. The maximum atomic E-state index is 14.2. The standard InChI is InChI=1S/C20H23ClFN3O/c1-5-13(11-26-4)25-17-7-8-23-19(20(17)24-18(25)6-2)14-10-16(22)12(3)9-15(14)21/h7-10,13H,5-6,11H2,1-4H3. The first-order valence-corrected chi connectivity index (χ1v) is 9.20. The number of pyridine rings is 1. The number of aryl methyl sites for hydroxylation is 2. The number of nitrogens with zero attached hydrogens (tertiary/aromatic N) is 3. The van der Waals surface area contributed by atoms with E-state index in [4.69, 9.17) is 21.3 Å². The lowest BCUT2D eigenvalue weighted by atomic mass is 10.1. The van der Waals surface area contributed by atoms with E-state index in [0.717, 1.165) is 29.7 Å². The van der Waals surface area contributed by atoms with E-state index in [1.54, 1.807) is 26.3 Å². The van der Waals surface area contributed by atoms with Gasteiger partial charge in [0.2, 0.25) is 0 Å². The molecule has 1 atom stereocenters. The van der Waals surface area contributed by atoms with Gasteiger partial charge in [0, 0.05) is 25.3 Å². The normalized spacial score (nSPS) is 12.7. The zero-order valence-electron chi connectivity index (χ0n) is 15.5. The van der Waals surface area contributed by atoms with E-state index in [1.807, 2.05) is 6.07 Å². The van der Waals surface area contributed by atoms with Crippen molar-refractivity contribution in [2.45, 2.75) is 39.7 Å². The molecule has 4 nitrogen and oxygen atoms in total. The van der Waals surface area contributed by atoms with Crippen LogP contribution in [0.1, 0.15) is 37.7 Å². The predicted octanol–water partition coefficient (Wildman–Crippen LogP) is 5.36. The van der Waals surface area contributed by atoms with Crippen LogP contribution in [0.3, 0.4) is 0 Å². The summed E-state index contributed by atoms with van der Waals surface area (Å²) in [5, 5.41) is 0.473. The van der Waals surface area contributed by atoms with E-state index >= 15 is 0 Å². The average molecular weight is 376 g/mol. The van der Waals surface area contributed by atoms with Crippen molar-refractivity contribution >= 4 is 22.6 Å². The smallest absolute Gasteiger partial charge is 0.126 e. The SMILES string of the molecule is CCc1nc2c(-c3cc(F)c(C)cc3Cl)nccc2n1C(CC)COC. The molecule has 0 saturated carbocycles.